The quantitative estimate of drug-likeness (QED) is 0.898. The Morgan fingerprint density at radius 3 is 2.45 bits per heavy atom. The van der Waals surface area contributed by atoms with Crippen LogP contribution in [0.1, 0.15) is 46.3 Å². The normalized spacial score (nSPS) is 14.6. The molecule has 4 nitrogen and oxygen atoms in total. The summed E-state index contributed by atoms with van der Waals surface area (Å²) in [5, 5.41) is 13.1. The molecule has 20 heavy (non-hydrogen) atoms. The lowest BCUT2D eigenvalue weighted by Crippen LogP contribution is -2.46. The van der Waals surface area contributed by atoms with E-state index in [-0.39, 0.29) is 11.4 Å². The molecule has 2 atom stereocenters. The van der Waals surface area contributed by atoms with Crippen LogP contribution in [0.2, 0.25) is 5.02 Å². The van der Waals surface area contributed by atoms with Crippen LogP contribution in [-0.2, 0) is 4.79 Å². The lowest BCUT2D eigenvalue weighted by atomic mass is 10.1. The maximum absolute atomic E-state index is 12.0. The van der Waals surface area contributed by atoms with Gasteiger partial charge >= 0.3 is 0 Å². The average molecular weight is 300 g/mol. The number of hydrogen-bond donors (Lipinski definition) is 2. The number of hydrogen-bond acceptors (Lipinski definition) is 3. The molecule has 2 N–H and O–H groups in total. The molecule has 0 saturated carbocycles. The van der Waals surface area contributed by atoms with Crippen molar-refractivity contribution in [3.8, 4) is 5.75 Å². The summed E-state index contributed by atoms with van der Waals surface area (Å²) in [7, 11) is 0. The maximum atomic E-state index is 12.0. The molecule has 1 unspecified atom stereocenters. The number of ether oxygens (including phenoxy) is 1. The summed E-state index contributed by atoms with van der Waals surface area (Å²) in [6, 6.07) is 4.96. The number of aliphatic hydroxyl groups excluding tert-OH is 1. The van der Waals surface area contributed by atoms with Crippen LogP contribution >= 0.6 is 11.6 Å². The van der Waals surface area contributed by atoms with E-state index in [0.717, 1.165) is 0 Å². The predicted molar refractivity (Wildman–Crippen MR) is 80.1 cm³/mol. The summed E-state index contributed by atoms with van der Waals surface area (Å²) in [6.07, 6.45) is -1.38. The van der Waals surface area contributed by atoms with E-state index < -0.39 is 12.2 Å². The third-order valence-corrected chi connectivity index (χ3v) is 2.83. The Hall–Kier alpha value is -1.26. The molecule has 5 heteroatoms. The monoisotopic (exact) mass is 299 g/mol. The molecule has 0 aliphatic rings. The van der Waals surface area contributed by atoms with Gasteiger partial charge in [0.25, 0.3) is 5.91 Å². The molecule has 0 heterocycles. The van der Waals surface area contributed by atoms with E-state index in [1.165, 1.54) is 0 Å². The van der Waals surface area contributed by atoms with Crippen LogP contribution in [0.15, 0.2) is 18.2 Å². The molecule has 0 saturated heterocycles. The number of halogens is 1. The zero-order valence-electron chi connectivity index (χ0n) is 12.5. The first-order valence-electron chi connectivity index (χ1n) is 6.56. The van der Waals surface area contributed by atoms with Crippen LogP contribution in [0.25, 0.3) is 0 Å². The second-order valence-corrected chi connectivity index (χ2v) is 6.29. The van der Waals surface area contributed by atoms with Crippen LogP contribution in [-0.4, -0.2) is 22.7 Å². The highest BCUT2D eigenvalue weighted by Crippen LogP contribution is 2.29. The Morgan fingerprint density at radius 1 is 1.35 bits per heavy atom. The highest BCUT2D eigenvalue weighted by atomic mass is 35.5. The summed E-state index contributed by atoms with van der Waals surface area (Å²) < 4.78 is 5.64. The molecule has 0 spiro atoms. The van der Waals surface area contributed by atoms with E-state index in [0.29, 0.717) is 16.3 Å². The minimum absolute atomic E-state index is 0.205. The Kier molecular flexibility index (Phi) is 5.42. The fourth-order valence-electron chi connectivity index (χ4n) is 1.67. The Balaban J connectivity index is 2.85. The summed E-state index contributed by atoms with van der Waals surface area (Å²) in [5.74, 6) is 0.255. The van der Waals surface area contributed by atoms with Gasteiger partial charge in [0.1, 0.15) is 5.75 Å². The minimum atomic E-state index is -0.721. The molecule has 0 fully saturated rings. The van der Waals surface area contributed by atoms with Crippen molar-refractivity contribution >= 4 is 17.5 Å². The minimum Gasteiger partial charge on any atom is -0.481 e. The van der Waals surface area contributed by atoms with Gasteiger partial charge in [0.2, 0.25) is 0 Å². The van der Waals surface area contributed by atoms with Crippen LogP contribution in [0, 0.1) is 0 Å². The van der Waals surface area contributed by atoms with Gasteiger partial charge in [-0.3, -0.25) is 4.79 Å². The van der Waals surface area contributed by atoms with Crippen molar-refractivity contribution in [3.05, 3.63) is 28.8 Å². The van der Waals surface area contributed by atoms with Gasteiger partial charge in [-0.15, -0.1) is 0 Å². The molecule has 0 aliphatic carbocycles. The smallest absolute Gasteiger partial charge is 0.261 e. The van der Waals surface area contributed by atoms with Crippen molar-refractivity contribution in [2.45, 2.75) is 52.4 Å². The van der Waals surface area contributed by atoms with Gasteiger partial charge in [0, 0.05) is 16.1 Å². The first-order valence-corrected chi connectivity index (χ1v) is 6.94. The molecule has 0 radical (unpaired) electrons. The van der Waals surface area contributed by atoms with E-state index in [1.807, 2.05) is 20.8 Å². The van der Waals surface area contributed by atoms with Crippen molar-refractivity contribution < 1.29 is 14.6 Å². The van der Waals surface area contributed by atoms with Gasteiger partial charge in [-0.1, -0.05) is 11.6 Å². The van der Waals surface area contributed by atoms with Crippen LogP contribution in [0.5, 0.6) is 5.75 Å². The number of amides is 1. The second kappa shape index (κ2) is 6.46. The van der Waals surface area contributed by atoms with Gasteiger partial charge in [-0.2, -0.15) is 0 Å². The third kappa shape index (κ3) is 5.02. The van der Waals surface area contributed by atoms with E-state index in [9.17, 15) is 9.90 Å². The van der Waals surface area contributed by atoms with Crippen molar-refractivity contribution in [2.75, 3.05) is 0 Å². The SMILES string of the molecule is CC(Oc1ccc(Cl)cc1[C@@H](C)O)C(=O)NC(C)(C)C. The zero-order valence-corrected chi connectivity index (χ0v) is 13.3. The first-order chi connectivity index (χ1) is 9.10. The van der Waals surface area contributed by atoms with Crippen molar-refractivity contribution in [1.82, 2.24) is 5.32 Å². The van der Waals surface area contributed by atoms with E-state index in [1.54, 1.807) is 32.0 Å². The van der Waals surface area contributed by atoms with E-state index >= 15 is 0 Å². The van der Waals surface area contributed by atoms with Gasteiger partial charge in [-0.05, 0) is 52.8 Å². The van der Waals surface area contributed by atoms with Gasteiger partial charge in [0.05, 0.1) is 6.10 Å². The number of carbonyl (C=O) groups is 1. The van der Waals surface area contributed by atoms with Crippen molar-refractivity contribution in [1.29, 1.82) is 0 Å². The molecule has 0 bridgehead atoms. The third-order valence-electron chi connectivity index (χ3n) is 2.59. The predicted octanol–water partition coefficient (Wildman–Crippen LogP) is 3.08. The molecule has 112 valence electrons. The highest BCUT2D eigenvalue weighted by Gasteiger charge is 2.22. The summed E-state index contributed by atoms with van der Waals surface area (Å²) in [5.41, 5.74) is 0.245. The van der Waals surface area contributed by atoms with Crippen LogP contribution in [0.4, 0.5) is 0 Å². The maximum Gasteiger partial charge on any atom is 0.261 e. The Labute approximate surface area is 125 Å². The lowest BCUT2D eigenvalue weighted by molar-refractivity contribution is -0.128. The Morgan fingerprint density at radius 2 is 1.95 bits per heavy atom. The number of aliphatic hydroxyl groups is 1. The number of rotatable bonds is 4. The molecule has 1 rings (SSSR count). The molecule has 1 amide bonds. The fourth-order valence-corrected chi connectivity index (χ4v) is 1.85. The lowest BCUT2D eigenvalue weighted by Gasteiger charge is -2.24. The number of nitrogens with one attached hydrogen (secondary N) is 1. The van der Waals surface area contributed by atoms with E-state index in [2.05, 4.69) is 5.32 Å². The standard InChI is InChI=1S/C15H22ClNO3/c1-9(18)12-8-11(16)6-7-13(12)20-10(2)14(19)17-15(3,4)5/h6-10,18H,1-5H3,(H,17,19)/t9-,10?/m1/s1. The second-order valence-electron chi connectivity index (χ2n) is 5.86. The van der Waals surface area contributed by atoms with Crippen molar-refractivity contribution in [3.63, 3.8) is 0 Å². The Bertz CT molecular complexity index is 480. The molecular formula is C15H22ClNO3. The first kappa shape index (κ1) is 16.8. The largest absolute Gasteiger partial charge is 0.481 e. The summed E-state index contributed by atoms with van der Waals surface area (Å²) in [4.78, 5) is 12.0. The molecule has 1 aromatic rings. The van der Waals surface area contributed by atoms with Crippen LogP contribution in [0.3, 0.4) is 0 Å². The van der Waals surface area contributed by atoms with Gasteiger partial charge < -0.3 is 15.2 Å². The topological polar surface area (TPSA) is 58.6 Å². The average Bonchev–Trinajstić information content (AvgIpc) is 2.28. The molecular weight excluding hydrogens is 278 g/mol. The molecule has 0 aromatic heterocycles. The van der Waals surface area contributed by atoms with Gasteiger partial charge in [0.15, 0.2) is 6.10 Å². The summed E-state index contributed by atoms with van der Waals surface area (Å²) >= 11 is 5.90. The molecule has 0 aliphatic heterocycles. The molecule has 1 aromatic carbocycles. The summed E-state index contributed by atoms with van der Waals surface area (Å²) in [6.45, 7) is 9.00. The zero-order chi connectivity index (χ0) is 15.5. The van der Waals surface area contributed by atoms with E-state index in [4.69, 9.17) is 16.3 Å². The number of benzene rings is 1. The highest BCUT2D eigenvalue weighted by molar-refractivity contribution is 6.30. The van der Waals surface area contributed by atoms with Gasteiger partial charge in [-0.25, -0.2) is 0 Å². The van der Waals surface area contributed by atoms with Crippen LogP contribution < -0.4 is 10.1 Å². The fraction of sp³-hybridized carbons (Fsp3) is 0.533. The number of carbonyl (C=O) groups excluding carboxylic acids is 1. The van der Waals surface area contributed by atoms with Crippen molar-refractivity contribution in [2.24, 2.45) is 0 Å².